The van der Waals surface area contributed by atoms with Crippen LogP contribution >= 0.6 is 0 Å². The first-order valence-corrected chi connectivity index (χ1v) is 3.79. The third-order valence-electron chi connectivity index (χ3n) is 1.67. The number of hydrogen-bond donors (Lipinski definition) is 1. The van der Waals surface area contributed by atoms with Gasteiger partial charge in [-0.2, -0.15) is 0 Å². The number of phenols is 1. The first kappa shape index (κ1) is 10.4. The van der Waals surface area contributed by atoms with E-state index in [2.05, 4.69) is 0 Å². The van der Waals surface area contributed by atoms with Gasteiger partial charge in [0.2, 0.25) is 6.54 Å². The molecule has 0 spiro atoms. The molecule has 0 saturated heterocycles. The minimum atomic E-state index is -1.11. The highest BCUT2D eigenvalue weighted by Crippen LogP contribution is 2.22. The molecule has 76 valence electrons. The van der Waals surface area contributed by atoms with Gasteiger partial charge in [0.15, 0.2) is 11.6 Å². The predicted molar refractivity (Wildman–Crippen MR) is 43.6 cm³/mol. The van der Waals surface area contributed by atoms with Crippen molar-refractivity contribution in [2.75, 3.05) is 6.54 Å². The normalized spacial score (nSPS) is 10.1. The molecule has 0 aliphatic rings. The van der Waals surface area contributed by atoms with Crippen molar-refractivity contribution >= 4 is 0 Å². The van der Waals surface area contributed by atoms with Crippen molar-refractivity contribution in [1.29, 1.82) is 0 Å². The van der Waals surface area contributed by atoms with Gasteiger partial charge in [-0.05, 0) is 6.07 Å². The first-order chi connectivity index (χ1) is 6.50. The van der Waals surface area contributed by atoms with Gasteiger partial charge in [-0.1, -0.05) is 0 Å². The molecule has 1 N–H and O–H groups in total. The average Bonchev–Trinajstić information content (AvgIpc) is 2.08. The Balaban J connectivity index is 2.90. The van der Waals surface area contributed by atoms with E-state index in [1.807, 2.05) is 0 Å². The summed E-state index contributed by atoms with van der Waals surface area (Å²) in [5.74, 6) is -2.70. The number of aromatic hydroxyl groups is 1. The van der Waals surface area contributed by atoms with Crippen LogP contribution in [-0.4, -0.2) is 16.6 Å². The Morgan fingerprint density at radius 2 is 2.07 bits per heavy atom. The fraction of sp³-hybridized carbons (Fsp3) is 0.250. The van der Waals surface area contributed by atoms with Crippen LogP contribution in [0.5, 0.6) is 5.75 Å². The van der Waals surface area contributed by atoms with Gasteiger partial charge >= 0.3 is 0 Å². The maximum atomic E-state index is 12.7. The Morgan fingerprint density at radius 1 is 1.43 bits per heavy atom. The van der Waals surface area contributed by atoms with Crippen molar-refractivity contribution in [3.05, 3.63) is 39.4 Å². The summed E-state index contributed by atoms with van der Waals surface area (Å²) < 4.78 is 25.3. The number of nitrogens with zero attached hydrogens (tertiary/aromatic N) is 1. The maximum Gasteiger partial charge on any atom is 0.208 e. The van der Waals surface area contributed by atoms with Gasteiger partial charge in [-0.15, -0.1) is 0 Å². The summed E-state index contributed by atoms with van der Waals surface area (Å²) >= 11 is 0. The number of phenolic OH excluding ortho intramolecular Hbond substituents is 1. The van der Waals surface area contributed by atoms with Crippen molar-refractivity contribution in [2.24, 2.45) is 0 Å². The molecule has 0 amide bonds. The highest BCUT2D eigenvalue weighted by Gasteiger charge is 2.11. The lowest BCUT2D eigenvalue weighted by Gasteiger charge is -2.02. The molecule has 0 atom stereocenters. The number of benzene rings is 1. The van der Waals surface area contributed by atoms with Crippen molar-refractivity contribution in [2.45, 2.75) is 6.42 Å². The third-order valence-corrected chi connectivity index (χ3v) is 1.67. The van der Waals surface area contributed by atoms with Crippen molar-refractivity contribution in [3.63, 3.8) is 0 Å². The average molecular weight is 203 g/mol. The van der Waals surface area contributed by atoms with Crippen molar-refractivity contribution < 1.29 is 18.8 Å². The molecule has 6 heteroatoms. The van der Waals surface area contributed by atoms with Crippen LogP contribution in [0.15, 0.2) is 12.1 Å². The van der Waals surface area contributed by atoms with Crippen molar-refractivity contribution in [3.8, 4) is 5.75 Å². The Bertz CT molecular complexity index is 368. The summed E-state index contributed by atoms with van der Waals surface area (Å²) in [6.07, 6.45) is -0.201. The van der Waals surface area contributed by atoms with Gasteiger partial charge in [-0.25, -0.2) is 8.78 Å². The van der Waals surface area contributed by atoms with Gasteiger partial charge in [0, 0.05) is 23.0 Å². The van der Waals surface area contributed by atoms with Crippen LogP contribution in [0, 0.1) is 21.7 Å². The molecule has 0 aromatic heterocycles. The summed E-state index contributed by atoms with van der Waals surface area (Å²) in [6, 6.07) is 1.40. The van der Waals surface area contributed by atoms with Crippen LogP contribution < -0.4 is 0 Å². The molecule has 14 heavy (non-hydrogen) atoms. The summed E-state index contributed by atoms with van der Waals surface area (Å²) in [4.78, 5) is 9.37. The molecule has 0 heterocycles. The van der Waals surface area contributed by atoms with E-state index in [-0.39, 0.29) is 12.0 Å². The van der Waals surface area contributed by atoms with Crippen LogP contribution in [0.2, 0.25) is 0 Å². The predicted octanol–water partition coefficient (Wildman–Crippen LogP) is 1.49. The number of nitro groups is 1. The Labute approximate surface area is 77.9 Å². The van der Waals surface area contributed by atoms with Crippen LogP contribution in [-0.2, 0) is 6.42 Å². The van der Waals surface area contributed by atoms with E-state index in [9.17, 15) is 18.9 Å². The van der Waals surface area contributed by atoms with E-state index < -0.39 is 28.9 Å². The van der Waals surface area contributed by atoms with E-state index in [1.165, 1.54) is 0 Å². The van der Waals surface area contributed by atoms with Gasteiger partial charge in [0.05, 0.1) is 0 Å². The smallest absolute Gasteiger partial charge is 0.208 e. The molecule has 0 fully saturated rings. The minimum Gasteiger partial charge on any atom is -0.505 e. The SMILES string of the molecule is O=[N+]([O-])CCc1cc(F)cc(F)c1O. The van der Waals surface area contributed by atoms with Gasteiger partial charge in [0.25, 0.3) is 0 Å². The zero-order chi connectivity index (χ0) is 10.7. The quantitative estimate of drug-likeness (QED) is 0.597. The molecule has 4 nitrogen and oxygen atoms in total. The van der Waals surface area contributed by atoms with E-state index in [4.69, 9.17) is 5.11 Å². The van der Waals surface area contributed by atoms with Gasteiger partial charge in [-0.3, -0.25) is 10.1 Å². The largest absolute Gasteiger partial charge is 0.505 e. The van der Waals surface area contributed by atoms with E-state index in [0.29, 0.717) is 6.07 Å². The summed E-state index contributed by atoms with van der Waals surface area (Å²) in [5, 5.41) is 19.1. The van der Waals surface area contributed by atoms with Crippen LogP contribution in [0.4, 0.5) is 8.78 Å². The second kappa shape index (κ2) is 3.99. The monoisotopic (exact) mass is 203 g/mol. The maximum absolute atomic E-state index is 12.7. The third kappa shape index (κ3) is 2.38. The fourth-order valence-corrected chi connectivity index (χ4v) is 1.02. The molecule has 0 aliphatic carbocycles. The second-order valence-corrected chi connectivity index (χ2v) is 2.70. The fourth-order valence-electron chi connectivity index (χ4n) is 1.02. The summed E-state index contributed by atoms with van der Waals surface area (Å²) in [5.41, 5.74) is -0.0980. The zero-order valence-electron chi connectivity index (χ0n) is 7.04. The molecule has 1 aromatic rings. The Kier molecular flexibility index (Phi) is 2.95. The Hall–Kier alpha value is -1.72. The Morgan fingerprint density at radius 3 is 2.64 bits per heavy atom. The zero-order valence-corrected chi connectivity index (χ0v) is 7.04. The molecular weight excluding hydrogens is 196 g/mol. The lowest BCUT2D eigenvalue weighted by Crippen LogP contribution is -2.05. The first-order valence-electron chi connectivity index (χ1n) is 3.79. The summed E-state index contributed by atoms with van der Waals surface area (Å²) in [6.45, 7) is -0.476. The molecule has 0 unspecified atom stereocenters. The minimum absolute atomic E-state index is 0.0980. The molecule has 0 saturated carbocycles. The summed E-state index contributed by atoms with van der Waals surface area (Å²) in [7, 11) is 0. The lowest BCUT2D eigenvalue weighted by molar-refractivity contribution is -0.479. The molecular formula is C8H7F2NO3. The molecule has 0 radical (unpaired) electrons. The lowest BCUT2D eigenvalue weighted by atomic mass is 10.1. The van der Waals surface area contributed by atoms with Gasteiger partial charge < -0.3 is 5.11 Å². The van der Waals surface area contributed by atoms with E-state index >= 15 is 0 Å². The molecule has 0 aliphatic heterocycles. The standard InChI is InChI=1S/C8H7F2NO3/c9-6-3-5(1-2-11(13)14)8(12)7(10)4-6/h3-4,12H,1-2H2. The topological polar surface area (TPSA) is 63.4 Å². The van der Waals surface area contributed by atoms with E-state index in [0.717, 1.165) is 6.07 Å². The molecule has 0 bridgehead atoms. The second-order valence-electron chi connectivity index (χ2n) is 2.70. The van der Waals surface area contributed by atoms with Gasteiger partial charge in [0.1, 0.15) is 5.82 Å². The number of halogens is 2. The van der Waals surface area contributed by atoms with Crippen LogP contribution in [0.25, 0.3) is 0 Å². The molecule has 1 aromatic carbocycles. The van der Waals surface area contributed by atoms with E-state index in [1.54, 1.807) is 0 Å². The highest BCUT2D eigenvalue weighted by atomic mass is 19.1. The molecule has 1 rings (SSSR count). The van der Waals surface area contributed by atoms with Crippen LogP contribution in [0.1, 0.15) is 5.56 Å². The number of hydrogen-bond acceptors (Lipinski definition) is 3. The van der Waals surface area contributed by atoms with Crippen LogP contribution in [0.3, 0.4) is 0 Å². The van der Waals surface area contributed by atoms with Crippen molar-refractivity contribution in [1.82, 2.24) is 0 Å². The highest BCUT2D eigenvalue weighted by molar-refractivity contribution is 5.34. The number of rotatable bonds is 3.